The van der Waals surface area contributed by atoms with Crippen molar-refractivity contribution in [2.45, 2.75) is 27.8 Å². The van der Waals surface area contributed by atoms with E-state index in [4.69, 9.17) is 5.73 Å². The Morgan fingerprint density at radius 3 is 1.84 bits per heavy atom. The second-order valence-corrected chi connectivity index (χ2v) is 11.6. The molecule has 0 spiro atoms. The van der Waals surface area contributed by atoms with Crippen LogP contribution < -0.4 is 11.1 Å². The van der Waals surface area contributed by atoms with Gasteiger partial charge in [0.25, 0.3) is 0 Å². The molecule has 178 valence electrons. The fourth-order valence-corrected chi connectivity index (χ4v) is 6.78. The molecule has 0 bridgehead atoms. The van der Waals surface area contributed by atoms with E-state index in [0.29, 0.717) is 6.07 Å². The van der Waals surface area contributed by atoms with Crippen LogP contribution >= 0.6 is 23.3 Å². The molecular formula is C17H11BrF10N2OS. The number of carbonyl (C=O) groups is 1. The number of rotatable bonds is 5. The van der Waals surface area contributed by atoms with Gasteiger partial charge in [-0.15, -0.1) is 0 Å². The monoisotopic (exact) mass is 560 g/mol. The molecule has 3 N–H and O–H groups in total. The van der Waals surface area contributed by atoms with Crippen LogP contribution in [-0.4, -0.2) is 28.8 Å². The molecule has 1 amide bonds. The minimum Gasteiger partial charge on any atom is -0.366 e. The predicted octanol–water partition coefficient (Wildman–Crippen LogP) is 7.31. The summed E-state index contributed by atoms with van der Waals surface area (Å²) >= 11 is 1.54. The number of carbonyl (C=O) groups excluding carboxylic acids is 1. The summed E-state index contributed by atoms with van der Waals surface area (Å²) in [4.78, 5) is 9.60. The van der Waals surface area contributed by atoms with Gasteiger partial charge < -0.3 is 11.1 Å². The summed E-state index contributed by atoms with van der Waals surface area (Å²) in [7, 11) is -6.53. The van der Waals surface area contributed by atoms with Crippen molar-refractivity contribution in [3.63, 3.8) is 0 Å². The van der Waals surface area contributed by atoms with Gasteiger partial charge in [-0.25, -0.2) is 4.39 Å². The molecule has 2 aromatic rings. The second-order valence-electron chi connectivity index (χ2n) is 6.14. The van der Waals surface area contributed by atoms with Gasteiger partial charge >= 0.3 is 22.9 Å². The lowest BCUT2D eigenvalue weighted by molar-refractivity contribution is -0.306. The van der Waals surface area contributed by atoms with Crippen LogP contribution in [0, 0.1) is 0 Å². The van der Waals surface area contributed by atoms with Gasteiger partial charge in [-0.2, -0.15) is 39.5 Å². The average Bonchev–Trinajstić information content (AvgIpc) is 2.64. The first-order valence-electron chi connectivity index (χ1n) is 8.05. The van der Waals surface area contributed by atoms with Gasteiger partial charge in [0.1, 0.15) is 0 Å². The van der Waals surface area contributed by atoms with Crippen LogP contribution in [0.3, 0.4) is 0 Å². The highest BCUT2D eigenvalue weighted by molar-refractivity contribution is 9.58. The Hall–Kier alpha value is -2.16. The Kier molecular flexibility index (Phi) is 6.78. The minimum atomic E-state index is -6.99. The van der Waals surface area contributed by atoms with Crippen LogP contribution in [0.4, 0.5) is 55.3 Å². The summed E-state index contributed by atoms with van der Waals surface area (Å²) in [5.41, 5.74) is -2.55. The first kappa shape index (κ1) is 26.1. The highest BCUT2D eigenvalue weighted by Gasteiger charge is 2.85. The largest absolute Gasteiger partial charge is 0.441 e. The van der Waals surface area contributed by atoms with Gasteiger partial charge in [-0.1, -0.05) is 18.2 Å². The quantitative estimate of drug-likeness (QED) is 0.377. The maximum absolute atomic E-state index is 14.9. The molecule has 0 saturated heterocycles. The molecule has 1 unspecified atom stereocenters. The van der Waals surface area contributed by atoms with E-state index in [2.05, 4.69) is 5.32 Å². The molecule has 0 aliphatic heterocycles. The summed E-state index contributed by atoms with van der Waals surface area (Å²) in [5, 5.41) is -4.49. The Bertz CT molecular complexity index is 994. The van der Waals surface area contributed by atoms with Crippen molar-refractivity contribution in [3.8, 4) is 0 Å². The van der Waals surface area contributed by atoms with Gasteiger partial charge in [0, 0.05) is 16.1 Å². The molecule has 0 heterocycles. The highest BCUT2D eigenvalue weighted by atomic mass is 79.9. The van der Waals surface area contributed by atoms with E-state index in [9.17, 15) is 48.7 Å². The van der Waals surface area contributed by atoms with E-state index in [1.165, 1.54) is 26.9 Å². The number of nitrogens with one attached hydrogen (secondary N) is 1. The number of anilines is 2. The molecule has 0 aliphatic rings. The van der Waals surface area contributed by atoms with Crippen LogP contribution in [-0.2, 0) is 0 Å². The van der Waals surface area contributed by atoms with E-state index in [-0.39, 0.29) is 11.3 Å². The Morgan fingerprint density at radius 1 is 0.844 bits per heavy atom. The van der Waals surface area contributed by atoms with Gasteiger partial charge in [0.05, 0.1) is 5.69 Å². The van der Waals surface area contributed by atoms with Crippen LogP contribution in [0.15, 0.2) is 53.4 Å². The number of para-hydroxylation sites is 1. The fourth-order valence-electron chi connectivity index (χ4n) is 2.64. The zero-order valence-electron chi connectivity index (χ0n) is 15.2. The molecule has 0 aromatic heterocycles. The molecule has 2 rings (SSSR count). The van der Waals surface area contributed by atoms with E-state index in [0.717, 1.165) is 30.3 Å². The number of amides is 1. The third kappa shape index (κ3) is 4.23. The van der Waals surface area contributed by atoms with Crippen molar-refractivity contribution < 1.29 is 48.7 Å². The van der Waals surface area contributed by atoms with Crippen LogP contribution in [0.5, 0.6) is 0 Å². The normalized spacial score (nSPS) is 16.2. The molecule has 0 radical (unpaired) electrons. The van der Waals surface area contributed by atoms with Crippen LogP contribution in [0.1, 0.15) is 10.4 Å². The second kappa shape index (κ2) is 8.32. The molecule has 0 aliphatic carbocycles. The molecule has 15 heteroatoms. The standard InChI is InChI=1S/C17H11BrF10N2OS/c18-32(17(26,27)28,14(19,15(20,21)22)16(23,24)25)12-7-2-1-6-11(12)30-10-5-3-4-9(8-10)13(29)31/h1-8,30H,(H2,29,31). The van der Waals surface area contributed by atoms with Crippen LogP contribution in [0.2, 0.25) is 0 Å². The van der Waals surface area contributed by atoms with E-state index >= 15 is 0 Å². The van der Waals surface area contributed by atoms with Crippen LogP contribution in [0.25, 0.3) is 0 Å². The SMILES string of the molecule is NC(=O)c1cccc(Nc2ccccc2S(Br)(C(F)(F)F)C(F)(C(F)(F)F)C(F)(F)F)c1. The highest BCUT2D eigenvalue weighted by Crippen LogP contribution is 2.86. The van der Waals surface area contributed by atoms with Crippen molar-refractivity contribution in [1.82, 2.24) is 0 Å². The molecular weight excluding hydrogens is 550 g/mol. The third-order valence-corrected chi connectivity index (χ3v) is 10.4. The fraction of sp³-hybridized carbons (Fsp3) is 0.235. The summed E-state index contributed by atoms with van der Waals surface area (Å²) in [5.74, 6) is -0.963. The summed E-state index contributed by atoms with van der Waals surface area (Å²) in [6.07, 6.45) is -14.0. The zero-order chi connectivity index (χ0) is 24.8. The molecule has 1 atom stereocenters. The average molecular weight is 561 g/mol. The Labute approximate surface area is 182 Å². The summed E-state index contributed by atoms with van der Waals surface area (Å²) in [6, 6.07) is 7.31. The molecule has 0 fully saturated rings. The van der Waals surface area contributed by atoms with Crippen molar-refractivity contribution in [2.75, 3.05) is 5.32 Å². The maximum atomic E-state index is 14.9. The van der Waals surface area contributed by atoms with Crippen molar-refractivity contribution in [1.29, 1.82) is 0 Å². The van der Waals surface area contributed by atoms with Gasteiger partial charge in [-0.05, 0) is 53.6 Å². The first-order chi connectivity index (χ1) is 14.4. The zero-order valence-corrected chi connectivity index (χ0v) is 17.6. The van der Waals surface area contributed by atoms with Crippen molar-refractivity contribution >= 4 is 40.6 Å². The van der Waals surface area contributed by atoms with E-state index in [1.807, 2.05) is 0 Å². The van der Waals surface area contributed by atoms with Gasteiger partial charge in [0.15, 0.2) is 0 Å². The maximum Gasteiger partial charge on any atom is 0.441 e. The first-order valence-corrected chi connectivity index (χ1v) is 11.5. The lowest BCUT2D eigenvalue weighted by Crippen LogP contribution is -2.57. The van der Waals surface area contributed by atoms with Crippen molar-refractivity contribution in [3.05, 3.63) is 54.1 Å². The van der Waals surface area contributed by atoms with Gasteiger partial charge in [-0.3, -0.25) is 4.79 Å². The Morgan fingerprint density at radius 2 is 1.38 bits per heavy atom. The van der Waals surface area contributed by atoms with E-state index in [1.54, 1.807) is 0 Å². The number of primary amides is 1. The molecule has 3 nitrogen and oxygen atoms in total. The number of nitrogens with two attached hydrogens (primary N) is 1. The smallest absolute Gasteiger partial charge is 0.366 e. The topological polar surface area (TPSA) is 55.1 Å². The number of alkyl halides is 10. The molecule has 0 saturated carbocycles. The molecule has 2 aromatic carbocycles. The minimum absolute atomic E-state index is 0.161. The molecule has 32 heavy (non-hydrogen) atoms. The Balaban J connectivity index is 2.82. The summed E-state index contributed by atoms with van der Waals surface area (Å²) in [6.45, 7) is 0. The number of hydrogen-bond acceptors (Lipinski definition) is 2. The number of benzene rings is 2. The summed E-state index contributed by atoms with van der Waals surface area (Å²) < 4.78 is 137. The number of halogens is 11. The lowest BCUT2D eigenvalue weighted by Gasteiger charge is -2.47. The van der Waals surface area contributed by atoms with Gasteiger partial charge in [0.2, 0.25) is 5.91 Å². The third-order valence-electron chi connectivity index (χ3n) is 4.05. The number of hydrogen-bond donors (Lipinski definition) is 2. The lowest BCUT2D eigenvalue weighted by atomic mass is 10.2. The van der Waals surface area contributed by atoms with E-state index < -0.39 is 47.8 Å². The van der Waals surface area contributed by atoms with Crippen molar-refractivity contribution in [2.24, 2.45) is 5.73 Å². The predicted molar refractivity (Wildman–Crippen MR) is 101 cm³/mol.